The number of methoxy groups -OCH3 is 1. The standard InChI is InChI=1S/C7H14O2/c1-4-7(2)5-9-6-8-3/h2,4-6H2,1,3H3. The van der Waals surface area contributed by atoms with Crippen LogP contribution in [0.1, 0.15) is 13.3 Å². The number of ether oxygens (including phenoxy) is 2. The highest BCUT2D eigenvalue weighted by Crippen LogP contribution is 1.95. The highest BCUT2D eigenvalue weighted by Gasteiger charge is 1.88. The summed E-state index contributed by atoms with van der Waals surface area (Å²) in [5.74, 6) is 0. The van der Waals surface area contributed by atoms with Gasteiger partial charge in [-0.25, -0.2) is 0 Å². The third kappa shape index (κ3) is 5.53. The van der Waals surface area contributed by atoms with E-state index in [-0.39, 0.29) is 0 Å². The number of hydrogen-bond acceptors (Lipinski definition) is 2. The van der Waals surface area contributed by atoms with Crippen molar-refractivity contribution in [1.29, 1.82) is 0 Å². The lowest BCUT2D eigenvalue weighted by Crippen LogP contribution is -1.99. The van der Waals surface area contributed by atoms with Gasteiger partial charge in [0.25, 0.3) is 0 Å². The molecule has 0 bridgehead atoms. The van der Waals surface area contributed by atoms with E-state index in [0.717, 1.165) is 12.0 Å². The normalized spacial score (nSPS) is 9.56. The van der Waals surface area contributed by atoms with Gasteiger partial charge in [-0.3, -0.25) is 0 Å². The largest absolute Gasteiger partial charge is 0.359 e. The Hall–Kier alpha value is -0.340. The molecule has 0 saturated heterocycles. The van der Waals surface area contributed by atoms with Crippen molar-refractivity contribution in [3.05, 3.63) is 12.2 Å². The van der Waals surface area contributed by atoms with Gasteiger partial charge in [0.2, 0.25) is 0 Å². The van der Waals surface area contributed by atoms with Crippen LogP contribution in [0.3, 0.4) is 0 Å². The summed E-state index contributed by atoms with van der Waals surface area (Å²) >= 11 is 0. The molecule has 0 fully saturated rings. The van der Waals surface area contributed by atoms with Crippen LogP contribution in [0.15, 0.2) is 12.2 Å². The fraction of sp³-hybridized carbons (Fsp3) is 0.714. The van der Waals surface area contributed by atoms with Gasteiger partial charge in [-0.15, -0.1) is 0 Å². The molecule has 0 aromatic rings. The molecule has 0 radical (unpaired) electrons. The van der Waals surface area contributed by atoms with Gasteiger partial charge in [-0.2, -0.15) is 0 Å². The van der Waals surface area contributed by atoms with Gasteiger partial charge < -0.3 is 9.47 Å². The SMILES string of the molecule is C=C(CC)COCOC. The number of rotatable bonds is 5. The van der Waals surface area contributed by atoms with Crippen LogP contribution in [0.5, 0.6) is 0 Å². The fourth-order valence-electron chi connectivity index (χ4n) is 0.371. The highest BCUT2D eigenvalue weighted by molar-refractivity contribution is 4.91. The van der Waals surface area contributed by atoms with Crippen molar-refractivity contribution >= 4 is 0 Å². The maximum absolute atomic E-state index is 5.01. The van der Waals surface area contributed by atoms with E-state index >= 15 is 0 Å². The molecular weight excluding hydrogens is 116 g/mol. The van der Waals surface area contributed by atoms with Gasteiger partial charge in [0.1, 0.15) is 6.79 Å². The van der Waals surface area contributed by atoms with Crippen LogP contribution in [0.2, 0.25) is 0 Å². The van der Waals surface area contributed by atoms with E-state index < -0.39 is 0 Å². The van der Waals surface area contributed by atoms with Gasteiger partial charge in [0.15, 0.2) is 0 Å². The second kappa shape index (κ2) is 5.79. The van der Waals surface area contributed by atoms with E-state index in [0.29, 0.717) is 13.4 Å². The lowest BCUT2D eigenvalue weighted by atomic mass is 10.3. The summed E-state index contributed by atoms with van der Waals surface area (Å²) in [6, 6.07) is 0. The van der Waals surface area contributed by atoms with E-state index in [4.69, 9.17) is 4.74 Å². The van der Waals surface area contributed by atoms with E-state index in [9.17, 15) is 0 Å². The fourth-order valence-corrected chi connectivity index (χ4v) is 0.371. The third-order valence-electron chi connectivity index (χ3n) is 1.01. The Morgan fingerprint density at radius 1 is 1.56 bits per heavy atom. The first-order chi connectivity index (χ1) is 4.31. The molecule has 0 aromatic carbocycles. The molecule has 9 heavy (non-hydrogen) atoms. The molecule has 0 aliphatic heterocycles. The molecule has 2 nitrogen and oxygen atoms in total. The van der Waals surface area contributed by atoms with Gasteiger partial charge in [-0.05, 0) is 6.42 Å². The summed E-state index contributed by atoms with van der Waals surface area (Å²) in [6.45, 7) is 6.79. The van der Waals surface area contributed by atoms with Crippen LogP contribution >= 0.6 is 0 Å². The molecule has 0 aromatic heterocycles. The Labute approximate surface area is 56.5 Å². The quantitative estimate of drug-likeness (QED) is 0.319. The molecule has 0 spiro atoms. The first-order valence-electron chi connectivity index (χ1n) is 3.04. The van der Waals surface area contributed by atoms with E-state index in [1.54, 1.807) is 7.11 Å². The Kier molecular flexibility index (Phi) is 5.57. The molecule has 0 atom stereocenters. The lowest BCUT2D eigenvalue weighted by molar-refractivity contribution is -0.0215. The minimum atomic E-state index is 0.360. The van der Waals surface area contributed by atoms with Gasteiger partial charge in [0, 0.05) is 7.11 Å². The maximum atomic E-state index is 5.01. The van der Waals surface area contributed by atoms with E-state index in [1.165, 1.54) is 0 Å². The summed E-state index contributed by atoms with van der Waals surface area (Å²) in [5, 5.41) is 0. The van der Waals surface area contributed by atoms with Crippen molar-refractivity contribution in [3.63, 3.8) is 0 Å². The van der Waals surface area contributed by atoms with Crippen molar-refractivity contribution < 1.29 is 9.47 Å². The average Bonchev–Trinajstić information content (AvgIpc) is 1.89. The van der Waals surface area contributed by atoms with Crippen LogP contribution < -0.4 is 0 Å². The second-order valence-electron chi connectivity index (χ2n) is 1.86. The molecule has 54 valence electrons. The molecule has 0 unspecified atom stereocenters. The lowest BCUT2D eigenvalue weighted by Gasteiger charge is -2.02. The Bertz CT molecular complexity index is 79.0. The maximum Gasteiger partial charge on any atom is 0.146 e. The summed E-state index contributed by atoms with van der Waals surface area (Å²) in [7, 11) is 1.61. The summed E-state index contributed by atoms with van der Waals surface area (Å²) in [4.78, 5) is 0. The molecule has 0 heterocycles. The Morgan fingerprint density at radius 2 is 2.22 bits per heavy atom. The van der Waals surface area contributed by atoms with Gasteiger partial charge in [-0.1, -0.05) is 19.1 Å². The van der Waals surface area contributed by atoms with Crippen molar-refractivity contribution in [2.45, 2.75) is 13.3 Å². The molecule has 0 N–H and O–H groups in total. The highest BCUT2D eigenvalue weighted by atomic mass is 16.7. The average molecular weight is 130 g/mol. The van der Waals surface area contributed by atoms with Crippen LogP contribution in [0.25, 0.3) is 0 Å². The molecule has 0 aliphatic carbocycles. The molecular formula is C7H14O2. The minimum absolute atomic E-state index is 0.360. The van der Waals surface area contributed by atoms with Crippen LogP contribution in [0.4, 0.5) is 0 Å². The monoisotopic (exact) mass is 130 g/mol. The summed E-state index contributed by atoms with van der Waals surface area (Å²) in [6.07, 6.45) is 0.976. The molecule has 0 rings (SSSR count). The van der Waals surface area contributed by atoms with Crippen molar-refractivity contribution in [2.24, 2.45) is 0 Å². The zero-order valence-corrected chi connectivity index (χ0v) is 6.14. The predicted molar refractivity (Wildman–Crippen MR) is 37.3 cm³/mol. The predicted octanol–water partition coefficient (Wildman–Crippen LogP) is 1.57. The van der Waals surface area contributed by atoms with Crippen molar-refractivity contribution in [1.82, 2.24) is 0 Å². The Morgan fingerprint density at radius 3 is 2.67 bits per heavy atom. The zero-order valence-electron chi connectivity index (χ0n) is 6.14. The second-order valence-corrected chi connectivity index (χ2v) is 1.86. The van der Waals surface area contributed by atoms with E-state index in [2.05, 4.69) is 18.2 Å². The van der Waals surface area contributed by atoms with Crippen molar-refractivity contribution in [3.8, 4) is 0 Å². The van der Waals surface area contributed by atoms with Crippen LogP contribution in [-0.4, -0.2) is 20.5 Å². The number of hydrogen-bond donors (Lipinski definition) is 0. The van der Waals surface area contributed by atoms with Gasteiger partial charge in [0.05, 0.1) is 6.61 Å². The Balaban J connectivity index is 2.97. The summed E-state index contributed by atoms with van der Waals surface area (Å²) in [5.41, 5.74) is 1.10. The van der Waals surface area contributed by atoms with Crippen molar-refractivity contribution in [2.75, 3.05) is 20.5 Å². The topological polar surface area (TPSA) is 18.5 Å². The first kappa shape index (κ1) is 8.66. The zero-order chi connectivity index (χ0) is 7.11. The summed E-state index contributed by atoms with van der Waals surface area (Å²) < 4.78 is 9.69. The molecule has 0 aliphatic rings. The molecule has 2 heteroatoms. The molecule has 0 saturated carbocycles. The first-order valence-corrected chi connectivity index (χ1v) is 3.04. The third-order valence-corrected chi connectivity index (χ3v) is 1.01. The molecule has 0 amide bonds. The van der Waals surface area contributed by atoms with Crippen LogP contribution in [-0.2, 0) is 9.47 Å². The van der Waals surface area contributed by atoms with E-state index in [1.807, 2.05) is 0 Å². The van der Waals surface area contributed by atoms with Gasteiger partial charge >= 0.3 is 0 Å². The minimum Gasteiger partial charge on any atom is -0.359 e. The van der Waals surface area contributed by atoms with Crippen LogP contribution in [0, 0.1) is 0 Å². The smallest absolute Gasteiger partial charge is 0.146 e.